The molecule has 1 aliphatic carbocycles. The van der Waals surface area contributed by atoms with Crippen LogP contribution in [0.5, 0.6) is 11.5 Å². The van der Waals surface area contributed by atoms with Gasteiger partial charge in [-0.1, -0.05) is 54.6 Å². The summed E-state index contributed by atoms with van der Waals surface area (Å²) in [7, 11) is 3.07. The van der Waals surface area contributed by atoms with Crippen LogP contribution < -0.4 is 14.8 Å². The van der Waals surface area contributed by atoms with E-state index in [1.807, 2.05) is 48.5 Å². The number of rotatable bonds is 6. The zero-order chi connectivity index (χ0) is 23.7. The molecule has 1 N–H and O–H groups in total. The average Bonchev–Trinajstić information content (AvgIpc) is 3.37. The number of esters is 1. The van der Waals surface area contributed by atoms with Crippen molar-refractivity contribution in [3.63, 3.8) is 0 Å². The van der Waals surface area contributed by atoms with Crippen LogP contribution in [0.15, 0.2) is 77.3 Å². The number of halogens is 1. The molecule has 0 amide bonds. The standard InChI is InChI=1S/C28H26BrNO4/c1-32-24-15-18(14-23(29)27(24)34-16-17-8-4-3-5-9-17)25-20-11-6-10-19(20)21-12-7-13-22(26(21)30-25)28(31)33-2/h3-10,12-15,19-20,25,30H,11,16H2,1-2H3/t19-,20+,25+/m1/s1. The number of methoxy groups -OCH3 is 2. The Morgan fingerprint density at radius 2 is 1.91 bits per heavy atom. The number of benzene rings is 3. The first-order chi connectivity index (χ1) is 16.6. The average molecular weight is 520 g/mol. The number of carbonyl (C=O) groups excluding carboxylic acids is 1. The van der Waals surface area contributed by atoms with E-state index in [1.54, 1.807) is 7.11 Å². The molecule has 1 heterocycles. The lowest BCUT2D eigenvalue weighted by atomic mass is 9.76. The van der Waals surface area contributed by atoms with Crippen molar-refractivity contribution in [2.24, 2.45) is 5.92 Å². The Bertz CT molecular complexity index is 1240. The van der Waals surface area contributed by atoms with Crippen LogP contribution >= 0.6 is 15.9 Å². The van der Waals surface area contributed by atoms with E-state index in [0.29, 0.717) is 29.6 Å². The number of hydrogen-bond donors (Lipinski definition) is 1. The zero-order valence-corrected chi connectivity index (χ0v) is 20.7. The largest absolute Gasteiger partial charge is 0.493 e. The predicted octanol–water partition coefficient (Wildman–Crippen LogP) is 6.65. The third-order valence-corrected chi connectivity index (χ3v) is 7.23. The molecule has 0 unspecified atom stereocenters. The van der Waals surface area contributed by atoms with Gasteiger partial charge in [0.2, 0.25) is 0 Å². The molecule has 0 radical (unpaired) electrons. The maximum atomic E-state index is 12.5. The van der Waals surface area contributed by atoms with Crippen LogP contribution in [0.25, 0.3) is 0 Å². The highest BCUT2D eigenvalue weighted by atomic mass is 79.9. The van der Waals surface area contributed by atoms with Crippen LogP contribution in [-0.4, -0.2) is 20.2 Å². The topological polar surface area (TPSA) is 56.8 Å². The van der Waals surface area contributed by atoms with E-state index in [1.165, 1.54) is 7.11 Å². The number of ether oxygens (including phenoxy) is 3. The normalized spacial score (nSPS) is 20.1. The minimum Gasteiger partial charge on any atom is -0.493 e. The fourth-order valence-corrected chi connectivity index (χ4v) is 5.59. The first-order valence-electron chi connectivity index (χ1n) is 11.3. The van der Waals surface area contributed by atoms with Gasteiger partial charge in [-0.2, -0.15) is 0 Å². The lowest BCUT2D eigenvalue weighted by molar-refractivity contribution is 0.0601. The molecule has 5 nitrogen and oxygen atoms in total. The highest BCUT2D eigenvalue weighted by Gasteiger charge is 2.40. The molecule has 0 fully saturated rings. The zero-order valence-electron chi connectivity index (χ0n) is 19.1. The van der Waals surface area contributed by atoms with Crippen LogP contribution in [0.3, 0.4) is 0 Å². The van der Waals surface area contributed by atoms with Crippen LogP contribution in [0.2, 0.25) is 0 Å². The molecule has 3 atom stereocenters. The van der Waals surface area contributed by atoms with Gasteiger partial charge in [0, 0.05) is 5.92 Å². The Labute approximate surface area is 207 Å². The minimum atomic E-state index is -0.341. The summed E-state index contributed by atoms with van der Waals surface area (Å²) in [5.74, 6) is 1.55. The van der Waals surface area contributed by atoms with Gasteiger partial charge in [0.1, 0.15) is 6.61 Å². The van der Waals surface area contributed by atoms with Gasteiger partial charge in [-0.15, -0.1) is 0 Å². The van der Waals surface area contributed by atoms with Crippen molar-refractivity contribution >= 4 is 27.6 Å². The summed E-state index contributed by atoms with van der Waals surface area (Å²) in [5, 5.41) is 3.67. The fraction of sp³-hybridized carbons (Fsp3) is 0.250. The number of hydrogen-bond acceptors (Lipinski definition) is 5. The van der Waals surface area contributed by atoms with E-state index in [0.717, 1.165) is 33.3 Å². The molecule has 5 rings (SSSR count). The van der Waals surface area contributed by atoms with E-state index in [9.17, 15) is 4.79 Å². The number of nitrogens with one attached hydrogen (secondary N) is 1. The predicted molar refractivity (Wildman–Crippen MR) is 136 cm³/mol. The van der Waals surface area contributed by atoms with Gasteiger partial charge in [0.15, 0.2) is 11.5 Å². The van der Waals surface area contributed by atoms with Gasteiger partial charge in [-0.05, 0) is 63.2 Å². The van der Waals surface area contributed by atoms with Crippen LogP contribution in [0.4, 0.5) is 5.69 Å². The molecule has 174 valence electrons. The van der Waals surface area contributed by atoms with E-state index in [4.69, 9.17) is 14.2 Å². The summed E-state index contributed by atoms with van der Waals surface area (Å²) < 4.78 is 17.7. The molecule has 34 heavy (non-hydrogen) atoms. The van der Waals surface area contributed by atoms with Gasteiger partial charge < -0.3 is 19.5 Å². The van der Waals surface area contributed by atoms with Crippen LogP contribution in [-0.2, 0) is 11.3 Å². The number of allylic oxidation sites excluding steroid dienone is 2. The molecule has 0 bridgehead atoms. The summed E-state index contributed by atoms with van der Waals surface area (Å²) in [6.07, 6.45) is 5.44. The van der Waals surface area contributed by atoms with Crippen molar-refractivity contribution in [2.45, 2.75) is 25.0 Å². The van der Waals surface area contributed by atoms with Crippen molar-refractivity contribution in [1.29, 1.82) is 0 Å². The maximum Gasteiger partial charge on any atom is 0.339 e. The monoisotopic (exact) mass is 519 g/mol. The summed E-state index contributed by atoms with van der Waals surface area (Å²) in [6.45, 7) is 0.446. The first kappa shape index (κ1) is 22.5. The Hall–Kier alpha value is -3.25. The summed E-state index contributed by atoms with van der Waals surface area (Å²) in [6, 6.07) is 20.0. The molecule has 6 heteroatoms. The Kier molecular flexibility index (Phi) is 6.33. The SMILES string of the molecule is COC(=O)c1cccc2c1N[C@@H](c1cc(Br)c(OCc3ccccc3)c(OC)c1)[C@H]1CC=C[C@@H]21. The highest BCUT2D eigenvalue weighted by Crippen LogP contribution is 2.52. The Morgan fingerprint density at radius 1 is 1.09 bits per heavy atom. The molecule has 2 aliphatic rings. The van der Waals surface area contributed by atoms with E-state index >= 15 is 0 Å². The molecular formula is C28H26BrNO4. The first-order valence-corrected chi connectivity index (χ1v) is 12.1. The Morgan fingerprint density at radius 3 is 2.68 bits per heavy atom. The van der Waals surface area contributed by atoms with Gasteiger partial charge in [0.25, 0.3) is 0 Å². The molecular weight excluding hydrogens is 494 g/mol. The highest BCUT2D eigenvalue weighted by molar-refractivity contribution is 9.10. The fourth-order valence-electron chi connectivity index (χ4n) is 5.02. The lowest BCUT2D eigenvalue weighted by Crippen LogP contribution is -2.30. The van der Waals surface area contributed by atoms with Gasteiger partial charge >= 0.3 is 5.97 Å². The minimum absolute atomic E-state index is 0.00770. The number of fused-ring (bicyclic) bond motifs is 3. The third kappa shape index (κ3) is 4.07. The lowest BCUT2D eigenvalue weighted by Gasteiger charge is -2.38. The summed E-state index contributed by atoms with van der Waals surface area (Å²) in [4.78, 5) is 12.5. The molecule has 0 saturated heterocycles. The summed E-state index contributed by atoms with van der Waals surface area (Å²) >= 11 is 3.71. The van der Waals surface area contributed by atoms with Crippen molar-refractivity contribution in [3.8, 4) is 11.5 Å². The molecule has 3 aromatic carbocycles. The van der Waals surface area contributed by atoms with Crippen LogP contribution in [0.1, 0.15) is 45.4 Å². The van der Waals surface area contributed by atoms with Crippen molar-refractivity contribution in [3.05, 3.63) is 99.5 Å². The maximum absolute atomic E-state index is 12.5. The van der Waals surface area contributed by atoms with Crippen LogP contribution in [0, 0.1) is 5.92 Å². The second-order valence-corrected chi connectivity index (χ2v) is 9.40. The van der Waals surface area contributed by atoms with Crippen molar-refractivity contribution < 1.29 is 19.0 Å². The molecule has 0 spiro atoms. The summed E-state index contributed by atoms with van der Waals surface area (Å²) in [5.41, 5.74) is 4.68. The second kappa shape index (κ2) is 9.55. The van der Waals surface area contributed by atoms with E-state index in [2.05, 4.69) is 45.5 Å². The van der Waals surface area contributed by atoms with Gasteiger partial charge in [-0.3, -0.25) is 0 Å². The van der Waals surface area contributed by atoms with Crippen molar-refractivity contribution in [2.75, 3.05) is 19.5 Å². The Balaban J connectivity index is 1.50. The molecule has 1 aliphatic heterocycles. The quantitative estimate of drug-likeness (QED) is 0.291. The van der Waals surface area contributed by atoms with Gasteiger partial charge in [-0.25, -0.2) is 4.79 Å². The molecule has 3 aromatic rings. The van der Waals surface area contributed by atoms with E-state index in [-0.39, 0.29) is 17.9 Å². The third-order valence-electron chi connectivity index (χ3n) is 6.64. The van der Waals surface area contributed by atoms with Crippen molar-refractivity contribution in [1.82, 2.24) is 0 Å². The molecule has 0 aromatic heterocycles. The van der Waals surface area contributed by atoms with Gasteiger partial charge in [0.05, 0.1) is 36.0 Å². The van der Waals surface area contributed by atoms with E-state index < -0.39 is 0 Å². The molecule has 0 saturated carbocycles. The number of para-hydroxylation sites is 1. The number of carbonyl (C=O) groups is 1. The smallest absolute Gasteiger partial charge is 0.339 e. The number of anilines is 1. The second-order valence-electron chi connectivity index (χ2n) is 8.55.